The zero-order valence-corrected chi connectivity index (χ0v) is 15.8. The van der Waals surface area contributed by atoms with Crippen LogP contribution in [0.5, 0.6) is 0 Å². The van der Waals surface area contributed by atoms with E-state index in [1.165, 1.54) is 49.1 Å². The first-order chi connectivity index (χ1) is 11.4. The first kappa shape index (κ1) is 17.3. The highest BCUT2D eigenvalue weighted by Crippen LogP contribution is 2.56. The topological polar surface area (TPSA) is 3.24 Å². The minimum absolute atomic E-state index is 0.345. The molecule has 1 aromatic carbocycles. The van der Waals surface area contributed by atoms with Gasteiger partial charge in [-0.1, -0.05) is 45.6 Å². The summed E-state index contributed by atoms with van der Waals surface area (Å²) in [5, 5.41) is 0. The molecular weight excluding hydrogens is 290 g/mol. The molecule has 0 aromatic heterocycles. The molecule has 1 spiro atoms. The maximum atomic E-state index is 4.55. The molecule has 1 aliphatic carbocycles. The molecule has 2 aliphatic rings. The molecule has 24 heavy (non-hydrogen) atoms. The molecule has 0 radical (unpaired) electrons. The van der Waals surface area contributed by atoms with E-state index in [4.69, 9.17) is 0 Å². The van der Waals surface area contributed by atoms with Crippen LogP contribution in [0.3, 0.4) is 0 Å². The molecule has 1 aliphatic heterocycles. The van der Waals surface area contributed by atoms with Crippen LogP contribution in [-0.2, 0) is 0 Å². The Morgan fingerprint density at radius 1 is 1.08 bits per heavy atom. The predicted molar refractivity (Wildman–Crippen MR) is 105 cm³/mol. The van der Waals surface area contributed by atoms with Crippen molar-refractivity contribution in [3.8, 4) is 0 Å². The van der Waals surface area contributed by atoms with E-state index >= 15 is 0 Å². The maximum absolute atomic E-state index is 4.55. The highest BCUT2D eigenvalue weighted by molar-refractivity contribution is 5.56. The highest BCUT2D eigenvalue weighted by atomic mass is 15.2. The van der Waals surface area contributed by atoms with Crippen molar-refractivity contribution in [2.75, 3.05) is 11.4 Å². The number of anilines is 1. The molecule has 1 heteroatoms. The smallest absolute Gasteiger partial charge is 0.0408 e. The van der Waals surface area contributed by atoms with Gasteiger partial charge in [0, 0.05) is 23.3 Å². The lowest BCUT2D eigenvalue weighted by Gasteiger charge is -2.43. The number of nitrogens with zero attached hydrogens (tertiary/aromatic N) is 1. The molecule has 3 rings (SSSR count). The number of rotatable bonds is 4. The Bertz CT molecular complexity index is 599. The molecule has 130 valence electrons. The largest absolute Gasteiger partial charge is 0.345 e. The fraction of sp³-hybridized carbons (Fsp3) is 0.565. The second-order valence-corrected chi connectivity index (χ2v) is 8.68. The van der Waals surface area contributed by atoms with Crippen LogP contribution in [0, 0.1) is 10.8 Å². The summed E-state index contributed by atoms with van der Waals surface area (Å²) in [6.45, 7) is 16.6. The van der Waals surface area contributed by atoms with Gasteiger partial charge in [-0.25, -0.2) is 0 Å². The Balaban J connectivity index is 1.72. The Morgan fingerprint density at radius 2 is 1.71 bits per heavy atom. The van der Waals surface area contributed by atoms with E-state index in [0.717, 1.165) is 13.0 Å². The third kappa shape index (κ3) is 3.06. The molecule has 1 saturated heterocycles. The van der Waals surface area contributed by atoms with Gasteiger partial charge in [-0.3, -0.25) is 0 Å². The summed E-state index contributed by atoms with van der Waals surface area (Å²) in [5.74, 6) is 0.591. The van der Waals surface area contributed by atoms with Crippen molar-refractivity contribution in [1.29, 1.82) is 0 Å². The van der Waals surface area contributed by atoms with Gasteiger partial charge in [-0.2, -0.15) is 0 Å². The van der Waals surface area contributed by atoms with E-state index in [-0.39, 0.29) is 0 Å². The van der Waals surface area contributed by atoms with Crippen LogP contribution in [0.25, 0.3) is 0 Å². The summed E-state index contributed by atoms with van der Waals surface area (Å²) >= 11 is 0. The zero-order valence-electron chi connectivity index (χ0n) is 15.8. The van der Waals surface area contributed by atoms with Crippen molar-refractivity contribution in [3.05, 3.63) is 54.8 Å². The van der Waals surface area contributed by atoms with Crippen molar-refractivity contribution in [2.24, 2.45) is 10.8 Å². The van der Waals surface area contributed by atoms with E-state index in [0.29, 0.717) is 16.7 Å². The molecule has 0 bridgehead atoms. The lowest BCUT2D eigenvalue weighted by Crippen LogP contribution is -2.33. The van der Waals surface area contributed by atoms with Gasteiger partial charge in [-0.15, -0.1) is 6.58 Å². The van der Waals surface area contributed by atoms with Crippen LogP contribution in [0.4, 0.5) is 5.69 Å². The van der Waals surface area contributed by atoms with E-state index in [2.05, 4.69) is 69.2 Å². The number of hydrogen-bond donors (Lipinski definition) is 0. The second kappa shape index (κ2) is 6.43. The summed E-state index contributed by atoms with van der Waals surface area (Å²) in [4.78, 5) is 2.47. The normalized spacial score (nSPS) is 30.3. The molecule has 2 fully saturated rings. The molecule has 0 unspecified atom stereocenters. The third-order valence-corrected chi connectivity index (χ3v) is 6.67. The minimum Gasteiger partial charge on any atom is -0.345 e. The molecular formula is C23H33N. The van der Waals surface area contributed by atoms with Crippen LogP contribution >= 0.6 is 0 Å². The van der Waals surface area contributed by atoms with Crippen molar-refractivity contribution in [3.63, 3.8) is 0 Å². The van der Waals surface area contributed by atoms with Gasteiger partial charge in [0.2, 0.25) is 0 Å². The fourth-order valence-electron chi connectivity index (χ4n) is 4.64. The number of allylic oxidation sites excluding steroid dienone is 2. The van der Waals surface area contributed by atoms with Gasteiger partial charge < -0.3 is 4.90 Å². The second-order valence-electron chi connectivity index (χ2n) is 8.68. The molecule has 1 aromatic rings. The average Bonchev–Trinajstić information content (AvgIpc) is 2.88. The first-order valence-electron chi connectivity index (χ1n) is 9.57. The standard InChI is InChI=1S/C23H33N/c1-6-11-22(5)12-14-23(15-13-22)16-17-24(19(23)4)21-9-7-20(8-10-21)18(2)3/h6-10,18H,1,4,11-17H2,2-3,5H3/t22-,23-. The average molecular weight is 324 g/mol. The van der Waals surface area contributed by atoms with E-state index in [9.17, 15) is 0 Å². The van der Waals surface area contributed by atoms with E-state index in [1.54, 1.807) is 0 Å². The van der Waals surface area contributed by atoms with Crippen molar-refractivity contribution in [2.45, 2.75) is 65.2 Å². The minimum atomic E-state index is 0.345. The summed E-state index contributed by atoms with van der Waals surface area (Å²) in [5.41, 5.74) is 4.90. The van der Waals surface area contributed by atoms with E-state index < -0.39 is 0 Å². The Kier molecular flexibility index (Phi) is 4.64. The van der Waals surface area contributed by atoms with Crippen LogP contribution in [0.2, 0.25) is 0 Å². The summed E-state index contributed by atoms with van der Waals surface area (Å²) in [6.07, 6.45) is 9.70. The molecule has 1 saturated carbocycles. The van der Waals surface area contributed by atoms with Crippen LogP contribution in [0.15, 0.2) is 49.2 Å². The molecule has 1 nitrogen and oxygen atoms in total. The van der Waals surface area contributed by atoms with E-state index in [1.807, 2.05) is 0 Å². The van der Waals surface area contributed by atoms with Gasteiger partial charge in [0.05, 0.1) is 0 Å². The molecule has 0 amide bonds. The van der Waals surface area contributed by atoms with Crippen molar-refractivity contribution < 1.29 is 0 Å². The quantitative estimate of drug-likeness (QED) is 0.559. The zero-order chi connectivity index (χ0) is 17.4. The lowest BCUT2D eigenvalue weighted by atomic mass is 9.62. The SMILES string of the molecule is C=CC[C@]1(C)CC[C@]2(CCN(c3ccc(C(C)C)cc3)C2=C)CC1. The lowest BCUT2D eigenvalue weighted by molar-refractivity contribution is 0.124. The third-order valence-electron chi connectivity index (χ3n) is 6.67. The maximum Gasteiger partial charge on any atom is 0.0408 e. The fourth-order valence-corrected chi connectivity index (χ4v) is 4.64. The number of benzene rings is 1. The predicted octanol–water partition coefficient (Wildman–Crippen LogP) is 6.68. The summed E-state index contributed by atoms with van der Waals surface area (Å²) in [6, 6.07) is 9.12. The highest BCUT2D eigenvalue weighted by Gasteiger charge is 2.46. The van der Waals surface area contributed by atoms with Crippen LogP contribution in [0.1, 0.15) is 70.8 Å². The summed E-state index contributed by atoms with van der Waals surface area (Å²) in [7, 11) is 0. The van der Waals surface area contributed by atoms with Crippen molar-refractivity contribution in [1.82, 2.24) is 0 Å². The van der Waals surface area contributed by atoms with Gasteiger partial charge in [-0.05, 0) is 67.6 Å². The molecule has 0 atom stereocenters. The molecule has 1 heterocycles. The Labute approximate surface area is 148 Å². The van der Waals surface area contributed by atoms with Gasteiger partial charge in [0.1, 0.15) is 0 Å². The van der Waals surface area contributed by atoms with Gasteiger partial charge >= 0.3 is 0 Å². The number of hydrogen-bond acceptors (Lipinski definition) is 1. The first-order valence-corrected chi connectivity index (χ1v) is 9.57. The van der Waals surface area contributed by atoms with Gasteiger partial charge in [0.15, 0.2) is 0 Å². The monoisotopic (exact) mass is 323 g/mol. The van der Waals surface area contributed by atoms with Crippen LogP contribution in [-0.4, -0.2) is 6.54 Å². The van der Waals surface area contributed by atoms with Crippen molar-refractivity contribution >= 4 is 5.69 Å². The van der Waals surface area contributed by atoms with Crippen LogP contribution < -0.4 is 4.90 Å². The Morgan fingerprint density at radius 3 is 2.25 bits per heavy atom. The molecule has 0 N–H and O–H groups in total. The van der Waals surface area contributed by atoms with Gasteiger partial charge in [0.25, 0.3) is 0 Å². The Hall–Kier alpha value is -1.50. The summed E-state index contributed by atoms with van der Waals surface area (Å²) < 4.78 is 0.